The van der Waals surface area contributed by atoms with Crippen LogP contribution in [0.15, 0.2) is 85.1 Å². The summed E-state index contributed by atoms with van der Waals surface area (Å²) in [7, 11) is 0. The summed E-state index contributed by atoms with van der Waals surface area (Å²) in [5, 5.41) is 8.35. The maximum atomic E-state index is 13.1. The van der Waals surface area contributed by atoms with Crippen molar-refractivity contribution in [2.75, 3.05) is 13.1 Å². The fourth-order valence-electron chi connectivity index (χ4n) is 3.53. The molecule has 33 heavy (non-hydrogen) atoms. The number of carbonyl (C=O) groups excluding carboxylic acids is 1. The molecule has 1 saturated heterocycles. The molecule has 0 unspecified atom stereocenters. The quantitative estimate of drug-likeness (QED) is 0.420. The minimum atomic E-state index is -0.332. The van der Waals surface area contributed by atoms with Gasteiger partial charge in [0.05, 0.1) is 12.2 Å². The summed E-state index contributed by atoms with van der Waals surface area (Å²) in [6, 6.07) is 22.3. The van der Waals surface area contributed by atoms with Gasteiger partial charge >= 0.3 is 0 Å². The summed E-state index contributed by atoms with van der Waals surface area (Å²) in [5.41, 5.74) is 1.26. The molecule has 0 N–H and O–H groups in total. The molecular formula is C25H21FN4O3. The lowest BCUT2D eigenvalue weighted by Gasteiger charge is -2.38. The second-order valence-corrected chi connectivity index (χ2v) is 7.74. The molecule has 0 aliphatic carbocycles. The zero-order valence-corrected chi connectivity index (χ0v) is 17.7. The van der Waals surface area contributed by atoms with Crippen molar-refractivity contribution >= 4 is 5.91 Å². The minimum Gasteiger partial charge on any atom is -0.487 e. The van der Waals surface area contributed by atoms with Gasteiger partial charge in [-0.1, -0.05) is 29.5 Å². The van der Waals surface area contributed by atoms with Gasteiger partial charge in [0, 0.05) is 18.7 Å². The number of nitrogens with zero attached hydrogens (tertiary/aromatic N) is 4. The molecule has 1 aliphatic heterocycles. The second kappa shape index (κ2) is 9.12. The van der Waals surface area contributed by atoms with Crippen LogP contribution in [0.4, 0.5) is 4.39 Å². The van der Waals surface area contributed by atoms with Crippen LogP contribution in [-0.2, 0) is 6.61 Å². The van der Waals surface area contributed by atoms with Gasteiger partial charge < -0.3 is 14.4 Å². The zero-order valence-electron chi connectivity index (χ0n) is 17.7. The number of ether oxygens (including phenoxy) is 2. The van der Waals surface area contributed by atoms with Gasteiger partial charge in [-0.15, -0.1) is 5.10 Å². The molecule has 0 atom stereocenters. The summed E-state index contributed by atoms with van der Waals surface area (Å²) in [6.45, 7) is 1.43. The first-order chi connectivity index (χ1) is 16.1. The molecule has 0 saturated carbocycles. The van der Waals surface area contributed by atoms with Crippen LogP contribution in [0.3, 0.4) is 0 Å². The molecule has 1 amide bonds. The Morgan fingerprint density at radius 2 is 1.70 bits per heavy atom. The van der Waals surface area contributed by atoms with Crippen LogP contribution in [0.1, 0.15) is 22.1 Å². The van der Waals surface area contributed by atoms with Crippen LogP contribution in [-0.4, -0.2) is 38.9 Å². The van der Waals surface area contributed by atoms with Gasteiger partial charge in [0.2, 0.25) is 0 Å². The molecule has 1 aliphatic rings. The molecular weight excluding hydrogens is 423 g/mol. The Labute approximate surface area is 190 Å². The van der Waals surface area contributed by atoms with E-state index in [1.54, 1.807) is 46.0 Å². The highest BCUT2D eigenvalue weighted by Gasteiger charge is 2.33. The third kappa shape index (κ3) is 4.85. The summed E-state index contributed by atoms with van der Waals surface area (Å²) in [5.74, 6) is 1.38. The maximum Gasteiger partial charge on any atom is 0.254 e. The molecule has 8 heteroatoms. The molecule has 5 rings (SSSR count). The average Bonchev–Trinajstić information content (AvgIpc) is 3.27. The molecule has 7 nitrogen and oxygen atoms in total. The lowest BCUT2D eigenvalue weighted by Crippen LogP contribution is -2.50. The van der Waals surface area contributed by atoms with E-state index in [1.807, 2.05) is 36.5 Å². The van der Waals surface area contributed by atoms with Gasteiger partial charge in [0.15, 0.2) is 0 Å². The van der Waals surface area contributed by atoms with E-state index in [0.717, 1.165) is 11.4 Å². The van der Waals surface area contributed by atoms with E-state index in [-0.39, 0.29) is 17.8 Å². The first kappa shape index (κ1) is 20.7. The van der Waals surface area contributed by atoms with Gasteiger partial charge in [-0.05, 0) is 54.6 Å². The summed E-state index contributed by atoms with van der Waals surface area (Å²) < 4.78 is 26.3. The predicted octanol–water partition coefficient (Wildman–Crippen LogP) is 4.49. The number of hydrogen-bond acceptors (Lipinski definition) is 5. The SMILES string of the molecule is O=C(c1cccc(Oc2ccc(F)cc2)c1)N1CC(n2cc(COc3ccccc3)nn2)C1. The number of halogens is 1. The highest BCUT2D eigenvalue weighted by Crippen LogP contribution is 2.26. The lowest BCUT2D eigenvalue weighted by molar-refractivity contribution is 0.0498. The van der Waals surface area contributed by atoms with Crippen molar-refractivity contribution in [1.82, 2.24) is 19.9 Å². The zero-order chi connectivity index (χ0) is 22.6. The minimum absolute atomic E-state index is 0.0746. The smallest absolute Gasteiger partial charge is 0.254 e. The first-order valence-electron chi connectivity index (χ1n) is 10.6. The number of para-hydroxylation sites is 1. The number of amides is 1. The Morgan fingerprint density at radius 3 is 2.48 bits per heavy atom. The third-order valence-electron chi connectivity index (χ3n) is 5.34. The van der Waals surface area contributed by atoms with Gasteiger partial charge in [-0.3, -0.25) is 4.79 Å². The van der Waals surface area contributed by atoms with Crippen LogP contribution < -0.4 is 9.47 Å². The van der Waals surface area contributed by atoms with Crippen LogP contribution in [0.5, 0.6) is 17.2 Å². The van der Waals surface area contributed by atoms with Crippen LogP contribution in [0.2, 0.25) is 0 Å². The van der Waals surface area contributed by atoms with Crippen LogP contribution >= 0.6 is 0 Å². The van der Waals surface area contributed by atoms with Crippen molar-refractivity contribution in [3.05, 3.63) is 102 Å². The van der Waals surface area contributed by atoms with Crippen LogP contribution in [0.25, 0.3) is 0 Å². The topological polar surface area (TPSA) is 69.5 Å². The maximum absolute atomic E-state index is 13.1. The fraction of sp³-hybridized carbons (Fsp3) is 0.160. The van der Waals surface area contributed by atoms with Crippen molar-refractivity contribution < 1.29 is 18.7 Å². The highest BCUT2D eigenvalue weighted by atomic mass is 19.1. The summed E-state index contributed by atoms with van der Waals surface area (Å²) in [4.78, 5) is 14.6. The Hall–Kier alpha value is -4.20. The van der Waals surface area contributed by atoms with Crippen molar-refractivity contribution in [3.8, 4) is 17.2 Å². The Bertz CT molecular complexity index is 1240. The van der Waals surface area contributed by atoms with E-state index in [9.17, 15) is 9.18 Å². The highest BCUT2D eigenvalue weighted by molar-refractivity contribution is 5.95. The number of benzene rings is 3. The standard InChI is InChI=1S/C25H21FN4O3/c26-19-9-11-23(12-10-19)33-24-8-4-5-18(13-24)25(31)29-15-21(16-29)30-14-20(27-28-30)17-32-22-6-2-1-3-7-22/h1-14,21H,15-17H2. The largest absolute Gasteiger partial charge is 0.487 e. The fourth-order valence-corrected chi connectivity index (χ4v) is 3.53. The van der Waals surface area contributed by atoms with E-state index in [4.69, 9.17) is 9.47 Å². The molecule has 0 bridgehead atoms. The normalized spacial score (nSPS) is 13.4. The average molecular weight is 444 g/mol. The molecule has 1 fully saturated rings. The molecule has 166 valence electrons. The lowest BCUT2D eigenvalue weighted by atomic mass is 10.1. The number of hydrogen-bond donors (Lipinski definition) is 0. The number of carbonyl (C=O) groups is 1. The molecule has 4 aromatic rings. The molecule has 1 aromatic heterocycles. The Morgan fingerprint density at radius 1 is 0.939 bits per heavy atom. The van der Waals surface area contributed by atoms with E-state index in [2.05, 4.69) is 10.3 Å². The van der Waals surface area contributed by atoms with Gasteiger partial charge in [-0.2, -0.15) is 0 Å². The van der Waals surface area contributed by atoms with Crippen molar-refractivity contribution in [1.29, 1.82) is 0 Å². The van der Waals surface area contributed by atoms with Crippen molar-refractivity contribution in [3.63, 3.8) is 0 Å². The van der Waals surface area contributed by atoms with Gasteiger partial charge in [0.1, 0.15) is 35.4 Å². The molecule has 0 radical (unpaired) electrons. The second-order valence-electron chi connectivity index (χ2n) is 7.74. The third-order valence-corrected chi connectivity index (χ3v) is 5.34. The summed E-state index contributed by atoms with van der Waals surface area (Å²) >= 11 is 0. The van der Waals surface area contributed by atoms with Crippen molar-refractivity contribution in [2.45, 2.75) is 12.6 Å². The number of likely N-dealkylation sites (tertiary alicyclic amines) is 1. The molecule has 3 aromatic carbocycles. The molecule has 0 spiro atoms. The van der Waals surface area contributed by atoms with Gasteiger partial charge in [-0.25, -0.2) is 9.07 Å². The van der Waals surface area contributed by atoms with Crippen molar-refractivity contribution in [2.24, 2.45) is 0 Å². The van der Waals surface area contributed by atoms with E-state index in [1.165, 1.54) is 12.1 Å². The van der Waals surface area contributed by atoms with Gasteiger partial charge in [0.25, 0.3) is 5.91 Å². The predicted molar refractivity (Wildman–Crippen MR) is 119 cm³/mol. The van der Waals surface area contributed by atoms with E-state index in [0.29, 0.717) is 36.8 Å². The first-order valence-corrected chi connectivity index (χ1v) is 10.6. The monoisotopic (exact) mass is 444 g/mol. The molecule has 2 heterocycles. The number of aromatic nitrogens is 3. The van der Waals surface area contributed by atoms with Crippen LogP contribution in [0, 0.1) is 5.82 Å². The van der Waals surface area contributed by atoms with E-state index >= 15 is 0 Å². The van der Waals surface area contributed by atoms with E-state index < -0.39 is 0 Å². The Kier molecular flexibility index (Phi) is 5.72. The summed E-state index contributed by atoms with van der Waals surface area (Å²) in [6.07, 6.45) is 1.85. The Balaban J connectivity index is 1.16. The number of rotatable bonds is 7.